The molecule has 0 aliphatic carbocycles. The zero-order chi connectivity index (χ0) is 10.7. The molecule has 1 atom stereocenters. The fourth-order valence-corrected chi connectivity index (χ4v) is 1.19. The van der Waals surface area contributed by atoms with Gasteiger partial charge in [-0.2, -0.15) is 4.99 Å². The predicted octanol–water partition coefficient (Wildman–Crippen LogP) is 0.627. The predicted molar refractivity (Wildman–Crippen MR) is 53.3 cm³/mol. The quantitative estimate of drug-likeness (QED) is 0.570. The summed E-state index contributed by atoms with van der Waals surface area (Å²) in [4.78, 5) is 13.7. The Morgan fingerprint density at radius 1 is 1.47 bits per heavy atom. The monoisotopic (exact) mass is 207 g/mol. The number of rotatable bonds is 2. The van der Waals surface area contributed by atoms with Gasteiger partial charge in [0.1, 0.15) is 12.3 Å². The first-order chi connectivity index (χ1) is 7.25. The summed E-state index contributed by atoms with van der Waals surface area (Å²) < 4.78 is 5.29. The van der Waals surface area contributed by atoms with Crippen molar-refractivity contribution in [3.63, 3.8) is 0 Å². The van der Waals surface area contributed by atoms with Gasteiger partial charge in [0.2, 0.25) is 0 Å². The maximum absolute atomic E-state index is 10.4. The van der Waals surface area contributed by atoms with Gasteiger partial charge in [0.15, 0.2) is 0 Å². The van der Waals surface area contributed by atoms with Crippen molar-refractivity contribution in [1.82, 2.24) is 5.32 Å². The van der Waals surface area contributed by atoms with Crippen LogP contribution in [0.1, 0.15) is 0 Å². The van der Waals surface area contributed by atoms with Crippen LogP contribution < -0.4 is 10.1 Å². The number of aliphatic imine (C=N–C) groups is 1. The van der Waals surface area contributed by atoms with Gasteiger partial charge >= 0.3 is 6.17 Å². The minimum absolute atomic E-state index is 0.176. The number of amidine groups is 1. The van der Waals surface area contributed by atoms with Crippen LogP contribution in [0.4, 0.5) is 0 Å². The highest BCUT2D eigenvalue weighted by Crippen LogP contribution is 2.10. The zero-order valence-electron chi connectivity index (χ0n) is 7.79. The lowest BCUT2D eigenvalue weighted by atomic mass is 10.3. The molecule has 0 fully saturated rings. The van der Waals surface area contributed by atoms with Gasteiger partial charge in [-0.3, -0.25) is 10.1 Å². The lowest BCUT2D eigenvalue weighted by molar-refractivity contribution is -0.516. The number of ether oxygens (including phenoxy) is 1. The van der Waals surface area contributed by atoms with Gasteiger partial charge in [0.05, 0.1) is 0 Å². The van der Waals surface area contributed by atoms with E-state index in [1.807, 2.05) is 18.2 Å². The van der Waals surface area contributed by atoms with Crippen LogP contribution in [0.3, 0.4) is 0 Å². The number of nitrogens with one attached hydrogen (secondary N) is 1. The van der Waals surface area contributed by atoms with Gasteiger partial charge < -0.3 is 10.1 Å². The molecule has 0 bridgehead atoms. The Morgan fingerprint density at radius 2 is 2.20 bits per heavy atom. The van der Waals surface area contributed by atoms with E-state index in [9.17, 15) is 10.1 Å². The van der Waals surface area contributed by atoms with Crippen molar-refractivity contribution in [2.24, 2.45) is 4.99 Å². The van der Waals surface area contributed by atoms with Crippen LogP contribution in [0, 0.1) is 10.1 Å². The summed E-state index contributed by atoms with van der Waals surface area (Å²) >= 11 is 0. The van der Waals surface area contributed by atoms with Crippen LogP contribution in [-0.2, 0) is 0 Å². The number of hydrogen-bond acceptors (Lipinski definition) is 5. The average Bonchev–Trinajstić information content (AvgIpc) is 2.68. The summed E-state index contributed by atoms with van der Waals surface area (Å²) in [6, 6.07) is 9.19. The Morgan fingerprint density at radius 3 is 2.80 bits per heavy atom. The molecule has 15 heavy (non-hydrogen) atoms. The molecule has 2 rings (SSSR count). The van der Waals surface area contributed by atoms with Crippen LogP contribution >= 0.6 is 0 Å². The van der Waals surface area contributed by atoms with E-state index in [-0.39, 0.29) is 12.6 Å². The largest absolute Gasteiger partial charge is 0.426 e. The van der Waals surface area contributed by atoms with Gasteiger partial charge in [-0.15, -0.1) is 0 Å². The molecule has 1 unspecified atom stereocenters. The number of benzene rings is 1. The SMILES string of the molecule is O=[N+]([O-])C1CNC(Oc2ccccc2)=N1. The summed E-state index contributed by atoms with van der Waals surface area (Å²) in [6.45, 7) is 0.176. The molecule has 1 heterocycles. The standard InChI is InChI=1S/C9H9N3O3/c13-12(14)8-6-10-9(11-8)15-7-4-2-1-3-5-7/h1-5,8H,6H2,(H,10,11). The molecule has 6 nitrogen and oxygen atoms in total. The summed E-state index contributed by atoms with van der Waals surface area (Å²) in [7, 11) is 0. The molecule has 0 spiro atoms. The first-order valence-corrected chi connectivity index (χ1v) is 4.44. The van der Waals surface area contributed by atoms with Crippen LogP contribution in [0.5, 0.6) is 5.75 Å². The minimum Gasteiger partial charge on any atom is -0.426 e. The zero-order valence-corrected chi connectivity index (χ0v) is 7.79. The second-order valence-corrected chi connectivity index (χ2v) is 3.00. The fourth-order valence-electron chi connectivity index (χ4n) is 1.19. The molecule has 1 N–H and O–H groups in total. The molecule has 0 saturated heterocycles. The Kier molecular flexibility index (Phi) is 2.49. The van der Waals surface area contributed by atoms with E-state index in [1.54, 1.807) is 12.1 Å². The van der Waals surface area contributed by atoms with E-state index in [1.165, 1.54) is 0 Å². The van der Waals surface area contributed by atoms with Crippen molar-refractivity contribution >= 4 is 6.02 Å². The highest BCUT2D eigenvalue weighted by Gasteiger charge is 2.27. The summed E-state index contributed by atoms with van der Waals surface area (Å²) in [5.74, 6) is 0.604. The topological polar surface area (TPSA) is 76.8 Å². The second-order valence-electron chi connectivity index (χ2n) is 3.00. The Labute approximate surface area is 85.7 Å². The lowest BCUT2D eigenvalue weighted by Crippen LogP contribution is -2.27. The van der Waals surface area contributed by atoms with Crippen molar-refractivity contribution in [2.45, 2.75) is 6.17 Å². The normalized spacial score (nSPS) is 19.2. The molecule has 1 aliphatic heterocycles. The number of nitro groups is 1. The summed E-state index contributed by atoms with van der Waals surface area (Å²) in [5, 5.41) is 13.1. The van der Waals surface area contributed by atoms with E-state index in [0.29, 0.717) is 5.75 Å². The van der Waals surface area contributed by atoms with E-state index in [4.69, 9.17) is 4.74 Å². The maximum Gasteiger partial charge on any atom is 0.325 e. The summed E-state index contributed by atoms with van der Waals surface area (Å²) in [5.41, 5.74) is 0. The molecule has 1 aromatic rings. The van der Waals surface area contributed by atoms with Crippen LogP contribution in [0.25, 0.3) is 0 Å². The highest BCUT2D eigenvalue weighted by atomic mass is 16.6. The van der Waals surface area contributed by atoms with Gasteiger partial charge in [0.25, 0.3) is 6.02 Å². The maximum atomic E-state index is 10.4. The van der Waals surface area contributed by atoms with Crippen molar-refractivity contribution in [2.75, 3.05) is 6.54 Å². The van der Waals surface area contributed by atoms with Crippen molar-refractivity contribution in [1.29, 1.82) is 0 Å². The smallest absolute Gasteiger partial charge is 0.325 e. The average molecular weight is 207 g/mol. The fraction of sp³-hybridized carbons (Fsp3) is 0.222. The molecule has 0 aromatic heterocycles. The van der Waals surface area contributed by atoms with Gasteiger partial charge in [-0.1, -0.05) is 18.2 Å². The summed E-state index contributed by atoms with van der Waals surface area (Å²) in [6.07, 6.45) is -0.941. The van der Waals surface area contributed by atoms with Gasteiger partial charge in [-0.25, -0.2) is 0 Å². The third-order valence-electron chi connectivity index (χ3n) is 1.90. The van der Waals surface area contributed by atoms with Crippen LogP contribution in [0.2, 0.25) is 0 Å². The first-order valence-electron chi connectivity index (χ1n) is 4.44. The third kappa shape index (κ3) is 2.22. The molecule has 1 aliphatic rings. The van der Waals surface area contributed by atoms with Crippen molar-refractivity contribution in [3.05, 3.63) is 40.4 Å². The molecule has 0 radical (unpaired) electrons. The van der Waals surface area contributed by atoms with Crippen molar-refractivity contribution in [3.8, 4) is 5.75 Å². The van der Waals surface area contributed by atoms with Gasteiger partial charge in [-0.05, 0) is 12.1 Å². The molecule has 6 heteroatoms. The number of hydrogen-bond donors (Lipinski definition) is 1. The molecular weight excluding hydrogens is 198 g/mol. The minimum atomic E-state index is -0.941. The van der Waals surface area contributed by atoms with Gasteiger partial charge in [0, 0.05) is 4.92 Å². The van der Waals surface area contributed by atoms with E-state index in [0.717, 1.165) is 0 Å². The Balaban J connectivity index is 2.03. The molecule has 0 amide bonds. The van der Waals surface area contributed by atoms with E-state index < -0.39 is 11.1 Å². The number of para-hydroxylation sites is 1. The lowest BCUT2D eigenvalue weighted by Gasteiger charge is -2.02. The highest BCUT2D eigenvalue weighted by molar-refractivity contribution is 5.77. The second kappa shape index (κ2) is 3.95. The van der Waals surface area contributed by atoms with E-state index >= 15 is 0 Å². The van der Waals surface area contributed by atoms with Crippen molar-refractivity contribution < 1.29 is 9.66 Å². The molecule has 78 valence electrons. The molecule has 1 aromatic carbocycles. The van der Waals surface area contributed by atoms with Crippen LogP contribution in [0.15, 0.2) is 35.3 Å². The van der Waals surface area contributed by atoms with Crippen LogP contribution in [-0.4, -0.2) is 23.7 Å². The third-order valence-corrected chi connectivity index (χ3v) is 1.90. The van der Waals surface area contributed by atoms with E-state index in [2.05, 4.69) is 10.3 Å². The Bertz CT molecular complexity index is 391. The molecule has 0 saturated carbocycles. The first kappa shape index (κ1) is 9.45. The molecular formula is C9H9N3O3. The number of nitrogens with zero attached hydrogens (tertiary/aromatic N) is 2. The Hall–Kier alpha value is -2.11.